The topological polar surface area (TPSA) is 52.6 Å². The van der Waals surface area contributed by atoms with Crippen molar-refractivity contribution in [3.05, 3.63) is 59.2 Å². The van der Waals surface area contributed by atoms with Crippen LogP contribution in [0.15, 0.2) is 36.4 Å². The summed E-state index contributed by atoms with van der Waals surface area (Å²) in [6.07, 6.45) is 0.695. The molecule has 2 rings (SSSR count). The second-order valence-electron chi connectivity index (χ2n) is 6.37. The van der Waals surface area contributed by atoms with Crippen molar-refractivity contribution in [3.8, 4) is 11.5 Å². The summed E-state index contributed by atoms with van der Waals surface area (Å²) in [6.45, 7) is 6.30. The molecule has 27 heavy (non-hydrogen) atoms. The Bertz CT molecular complexity index is 848. The van der Waals surface area contributed by atoms with Gasteiger partial charge in [0.15, 0.2) is 23.1 Å². The van der Waals surface area contributed by atoms with Crippen LogP contribution in [0, 0.1) is 11.6 Å². The lowest BCUT2D eigenvalue weighted by atomic mass is 9.81. The number of benzene rings is 2. The van der Waals surface area contributed by atoms with Gasteiger partial charge in [-0.2, -0.15) is 0 Å². The molecule has 0 saturated carbocycles. The molecular formula is C21H22F2O4. The van der Waals surface area contributed by atoms with Crippen molar-refractivity contribution in [2.75, 3.05) is 0 Å². The summed E-state index contributed by atoms with van der Waals surface area (Å²) in [6, 6.07) is 8.90. The number of esters is 2. The van der Waals surface area contributed by atoms with E-state index in [9.17, 15) is 18.4 Å². The molecule has 0 spiro atoms. The van der Waals surface area contributed by atoms with Gasteiger partial charge >= 0.3 is 11.9 Å². The molecule has 0 saturated heterocycles. The van der Waals surface area contributed by atoms with Gasteiger partial charge in [0, 0.05) is 13.8 Å². The van der Waals surface area contributed by atoms with Gasteiger partial charge in [0.25, 0.3) is 0 Å². The summed E-state index contributed by atoms with van der Waals surface area (Å²) in [7, 11) is 0. The quantitative estimate of drug-likeness (QED) is 0.519. The van der Waals surface area contributed by atoms with Crippen LogP contribution in [0.25, 0.3) is 0 Å². The Morgan fingerprint density at radius 2 is 1.33 bits per heavy atom. The van der Waals surface area contributed by atoms with Gasteiger partial charge in [-0.25, -0.2) is 8.78 Å². The predicted octanol–water partition coefficient (Wildman–Crippen LogP) is 5.11. The molecule has 6 heteroatoms. The molecule has 0 aliphatic rings. The van der Waals surface area contributed by atoms with Crippen molar-refractivity contribution in [2.45, 2.75) is 46.0 Å². The second-order valence-corrected chi connectivity index (χ2v) is 6.37. The molecule has 0 radical (unpaired) electrons. The maximum Gasteiger partial charge on any atom is 0.308 e. The van der Waals surface area contributed by atoms with Gasteiger partial charge in [0.05, 0.1) is 0 Å². The van der Waals surface area contributed by atoms with Crippen LogP contribution in [0.1, 0.15) is 57.1 Å². The van der Waals surface area contributed by atoms with Gasteiger partial charge in [-0.3, -0.25) is 9.59 Å². The molecule has 0 aromatic heterocycles. The lowest BCUT2D eigenvalue weighted by Gasteiger charge is -2.24. The van der Waals surface area contributed by atoms with E-state index in [-0.39, 0.29) is 23.3 Å². The molecular weight excluding hydrogens is 354 g/mol. The van der Waals surface area contributed by atoms with E-state index in [4.69, 9.17) is 9.47 Å². The number of ether oxygens (including phenoxy) is 2. The zero-order valence-corrected chi connectivity index (χ0v) is 15.7. The molecule has 0 amide bonds. The number of carbonyl (C=O) groups excluding carboxylic acids is 2. The molecule has 2 aromatic rings. The third-order valence-corrected chi connectivity index (χ3v) is 4.42. The van der Waals surface area contributed by atoms with Crippen LogP contribution in [0.3, 0.4) is 0 Å². The fraction of sp³-hybridized carbons (Fsp3) is 0.333. The van der Waals surface area contributed by atoms with Gasteiger partial charge in [0.2, 0.25) is 0 Å². The van der Waals surface area contributed by atoms with E-state index < -0.39 is 23.6 Å². The van der Waals surface area contributed by atoms with Gasteiger partial charge in [-0.1, -0.05) is 26.0 Å². The molecule has 0 heterocycles. The van der Waals surface area contributed by atoms with Gasteiger partial charge < -0.3 is 9.47 Å². The lowest BCUT2D eigenvalue weighted by molar-refractivity contribution is -0.133. The minimum Gasteiger partial charge on any atom is -0.424 e. The Morgan fingerprint density at radius 1 is 0.889 bits per heavy atom. The average molecular weight is 376 g/mol. The highest BCUT2D eigenvalue weighted by Crippen LogP contribution is 2.37. The van der Waals surface area contributed by atoms with Crippen LogP contribution in [0.5, 0.6) is 11.5 Å². The van der Waals surface area contributed by atoms with Crippen LogP contribution >= 0.6 is 0 Å². The van der Waals surface area contributed by atoms with E-state index in [0.29, 0.717) is 12.0 Å². The SMILES string of the molecule is CCC(c1ccc(OC(C)=O)c(F)c1)C(C)c1ccc(OC(C)=O)c(F)c1. The van der Waals surface area contributed by atoms with Crippen LogP contribution in [0.2, 0.25) is 0 Å². The Balaban J connectivity index is 2.29. The Hall–Kier alpha value is -2.76. The summed E-state index contributed by atoms with van der Waals surface area (Å²) in [4.78, 5) is 22.0. The Labute approximate surface area is 157 Å². The predicted molar refractivity (Wildman–Crippen MR) is 96.9 cm³/mol. The monoisotopic (exact) mass is 376 g/mol. The number of rotatable bonds is 6. The fourth-order valence-corrected chi connectivity index (χ4v) is 3.13. The van der Waals surface area contributed by atoms with Gasteiger partial charge in [-0.15, -0.1) is 0 Å². The normalized spacial score (nSPS) is 13.0. The van der Waals surface area contributed by atoms with E-state index in [1.165, 1.54) is 38.1 Å². The summed E-state index contributed by atoms with van der Waals surface area (Å²) < 4.78 is 38.0. The first-order chi connectivity index (χ1) is 12.7. The maximum atomic E-state index is 14.2. The van der Waals surface area contributed by atoms with Crippen molar-refractivity contribution in [3.63, 3.8) is 0 Å². The average Bonchev–Trinajstić information content (AvgIpc) is 2.59. The fourth-order valence-electron chi connectivity index (χ4n) is 3.13. The summed E-state index contributed by atoms with van der Waals surface area (Å²) in [5, 5.41) is 0. The molecule has 0 N–H and O–H groups in total. The van der Waals surface area contributed by atoms with E-state index >= 15 is 0 Å². The highest BCUT2D eigenvalue weighted by atomic mass is 19.1. The van der Waals surface area contributed by atoms with Crippen LogP contribution in [0.4, 0.5) is 8.78 Å². The first-order valence-electron chi connectivity index (χ1n) is 8.68. The third kappa shape index (κ3) is 5.12. The molecule has 2 aromatic carbocycles. The number of hydrogen-bond donors (Lipinski definition) is 0. The van der Waals surface area contributed by atoms with E-state index in [1.807, 2.05) is 13.8 Å². The number of halogens is 2. The minimum absolute atomic E-state index is 0.0788. The largest absolute Gasteiger partial charge is 0.424 e. The maximum absolute atomic E-state index is 14.2. The van der Waals surface area contributed by atoms with Gasteiger partial charge in [0.1, 0.15) is 0 Å². The third-order valence-electron chi connectivity index (χ3n) is 4.42. The van der Waals surface area contributed by atoms with Crippen molar-refractivity contribution in [1.82, 2.24) is 0 Å². The second kappa shape index (κ2) is 8.75. The van der Waals surface area contributed by atoms with Crippen molar-refractivity contribution in [1.29, 1.82) is 0 Å². The lowest BCUT2D eigenvalue weighted by Crippen LogP contribution is -2.10. The summed E-state index contributed by atoms with van der Waals surface area (Å²) >= 11 is 0. The van der Waals surface area contributed by atoms with Crippen molar-refractivity contribution < 1.29 is 27.8 Å². The summed E-state index contributed by atoms with van der Waals surface area (Å²) in [5.74, 6) is -2.87. The minimum atomic E-state index is -0.624. The van der Waals surface area contributed by atoms with Crippen molar-refractivity contribution in [2.24, 2.45) is 0 Å². The smallest absolute Gasteiger partial charge is 0.308 e. The van der Waals surface area contributed by atoms with Crippen LogP contribution in [-0.2, 0) is 9.59 Å². The summed E-state index contributed by atoms with van der Waals surface area (Å²) in [5.41, 5.74) is 1.43. The molecule has 0 aliphatic carbocycles. The highest BCUT2D eigenvalue weighted by molar-refractivity contribution is 5.69. The molecule has 0 bridgehead atoms. The molecule has 4 nitrogen and oxygen atoms in total. The Kier molecular flexibility index (Phi) is 6.66. The van der Waals surface area contributed by atoms with Gasteiger partial charge in [-0.05, 0) is 53.6 Å². The van der Waals surface area contributed by atoms with E-state index in [1.54, 1.807) is 12.1 Å². The molecule has 0 fully saturated rings. The molecule has 144 valence electrons. The standard InChI is InChI=1S/C21H22F2O4/c1-5-17(16-7-9-21(19(23)11-16)27-14(4)25)12(2)15-6-8-20(18(22)10-15)26-13(3)24/h6-12,17H,5H2,1-4H3. The zero-order valence-electron chi connectivity index (χ0n) is 15.7. The molecule has 2 unspecified atom stereocenters. The molecule has 2 atom stereocenters. The first kappa shape index (κ1) is 20.6. The van der Waals surface area contributed by atoms with E-state index in [2.05, 4.69) is 0 Å². The van der Waals surface area contributed by atoms with Crippen LogP contribution in [-0.4, -0.2) is 11.9 Å². The van der Waals surface area contributed by atoms with Crippen LogP contribution < -0.4 is 9.47 Å². The van der Waals surface area contributed by atoms with Crippen molar-refractivity contribution >= 4 is 11.9 Å². The highest BCUT2D eigenvalue weighted by Gasteiger charge is 2.22. The van der Waals surface area contributed by atoms with E-state index in [0.717, 1.165) is 5.56 Å². The Morgan fingerprint density at radius 3 is 1.74 bits per heavy atom. The number of carbonyl (C=O) groups is 2. The first-order valence-corrected chi connectivity index (χ1v) is 8.68. The zero-order chi connectivity index (χ0) is 20.1. The number of hydrogen-bond acceptors (Lipinski definition) is 4. The molecule has 0 aliphatic heterocycles.